The number of nitriles is 1. The molecule has 1 aromatic carbocycles. The molecule has 1 aliphatic carbocycles. The summed E-state index contributed by atoms with van der Waals surface area (Å²) in [5.41, 5.74) is 6.16. The third kappa shape index (κ3) is 2.14. The van der Waals surface area contributed by atoms with Gasteiger partial charge in [-0.3, -0.25) is 4.98 Å². The van der Waals surface area contributed by atoms with Gasteiger partial charge in [-0.2, -0.15) is 5.26 Å². The van der Waals surface area contributed by atoms with Crippen molar-refractivity contribution in [3.63, 3.8) is 0 Å². The van der Waals surface area contributed by atoms with Gasteiger partial charge in [0.2, 0.25) is 0 Å². The predicted octanol–water partition coefficient (Wildman–Crippen LogP) is 4.92. The van der Waals surface area contributed by atoms with E-state index in [1.807, 2.05) is 19.2 Å². The molecule has 0 unspecified atom stereocenters. The number of rotatable bonds is 2. The van der Waals surface area contributed by atoms with E-state index in [9.17, 15) is 5.26 Å². The zero-order valence-electron chi connectivity index (χ0n) is 13.5. The molecule has 2 heterocycles. The first-order chi connectivity index (χ1) is 11.2. The van der Waals surface area contributed by atoms with Crippen LogP contribution in [0.15, 0.2) is 36.5 Å². The van der Waals surface area contributed by atoms with Crippen LogP contribution >= 0.6 is 0 Å². The fourth-order valence-electron chi connectivity index (χ4n) is 3.42. The van der Waals surface area contributed by atoms with Crippen LogP contribution in [-0.4, -0.2) is 9.55 Å². The van der Waals surface area contributed by atoms with Crippen LogP contribution in [0.5, 0.6) is 0 Å². The number of hydrogen-bond acceptors (Lipinski definition) is 2. The highest BCUT2D eigenvalue weighted by Crippen LogP contribution is 2.42. The van der Waals surface area contributed by atoms with Crippen molar-refractivity contribution in [1.29, 1.82) is 5.26 Å². The van der Waals surface area contributed by atoms with Crippen LogP contribution in [0.25, 0.3) is 22.3 Å². The summed E-state index contributed by atoms with van der Waals surface area (Å²) < 4.78 is 2.36. The monoisotopic (exact) mass is 301 g/mol. The highest BCUT2D eigenvalue weighted by molar-refractivity contribution is 5.94. The van der Waals surface area contributed by atoms with Crippen molar-refractivity contribution in [2.45, 2.75) is 39.2 Å². The molecular formula is C20H19N3. The Bertz CT molecular complexity index is 922. The van der Waals surface area contributed by atoms with Gasteiger partial charge < -0.3 is 4.57 Å². The first-order valence-corrected chi connectivity index (χ1v) is 8.16. The molecule has 2 aromatic heterocycles. The second-order valence-corrected chi connectivity index (χ2v) is 6.53. The van der Waals surface area contributed by atoms with Crippen molar-refractivity contribution in [1.82, 2.24) is 9.55 Å². The van der Waals surface area contributed by atoms with Gasteiger partial charge >= 0.3 is 0 Å². The number of nitrogens with zero attached hydrogens (tertiary/aromatic N) is 3. The molecule has 0 amide bonds. The summed E-state index contributed by atoms with van der Waals surface area (Å²) in [5.74, 6) is 0. The average molecular weight is 301 g/mol. The fraction of sp³-hybridized carbons (Fsp3) is 0.300. The average Bonchev–Trinajstić information content (AvgIpc) is 2.80. The Morgan fingerprint density at radius 2 is 1.91 bits per heavy atom. The quantitative estimate of drug-likeness (QED) is 0.674. The van der Waals surface area contributed by atoms with Crippen LogP contribution in [0, 0.1) is 25.2 Å². The molecule has 0 saturated heterocycles. The lowest BCUT2D eigenvalue weighted by molar-refractivity contribution is 0.324. The summed E-state index contributed by atoms with van der Waals surface area (Å²) in [7, 11) is 0. The largest absolute Gasteiger partial charge is 0.335 e. The van der Waals surface area contributed by atoms with Gasteiger partial charge in [-0.05, 0) is 56.4 Å². The summed E-state index contributed by atoms with van der Waals surface area (Å²) in [5, 5.41) is 10.8. The highest BCUT2D eigenvalue weighted by atomic mass is 15.1. The third-order valence-corrected chi connectivity index (χ3v) is 4.87. The maximum Gasteiger partial charge on any atom is 0.102 e. The minimum absolute atomic E-state index is 0.486. The highest BCUT2D eigenvalue weighted by Gasteiger charge is 2.28. The molecule has 0 atom stereocenters. The second kappa shape index (κ2) is 5.24. The minimum atomic E-state index is 0.486. The van der Waals surface area contributed by atoms with E-state index >= 15 is 0 Å². The van der Waals surface area contributed by atoms with Crippen LogP contribution < -0.4 is 0 Å². The summed E-state index contributed by atoms with van der Waals surface area (Å²) >= 11 is 0. The molecule has 0 spiro atoms. The van der Waals surface area contributed by atoms with Gasteiger partial charge in [-0.1, -0.05) is 18.2 Å². The van der Waals surface area contributed by atoms with E-state index < -0.39 is 0 Å². The fourth-order valence-corrected chi connectivity index (χ4v) is 3.42. The molecular weight excluding hydrogens is 282 g/mol. The molecule has 3 heteroatoms. The summed E-state index contributed by atoms with van der Waals surface area (Å²) in [6.45, 7) is 4.14. The number of fused-ring (bicyclic) bond motifs is 1. The number of aromatic nitrogens is 2. The van der Waals surface area contributed by atoms with E-state index in [-0.39, 0.29) is 0 Å². The Hall–Kier alpha value is -2.60. The van der Waals surface area contributed by atoms with Gasteiger partial charge in [0, 0.05) is 17.6 Å². The molecule has 3 nitrogen and oxygen atoms in total. The van der Waals surface area contributed by atoms with E-state index in [0.717, 1.165) is 27.9 Å². The summed E-state index contributed by atoms with van der Waals surface area (Å²) in [6.07, 6.45) is 5.51. The predicted molar refractivity (Wildman–Crippen MR) is 92.2 cm³/mol. The van der Waals surface area contributed by atoms with Crippen molar-refractivity contribution in [2.75, 3.05) is 0 Å². The molecule has 1 aliphatic rings. The van der Waals surface area contributed by atoms with Gasteiger partial charge in [0.15, 0.2) is 0 Å². The Labute approximate surface area is 136 Å². The molecule has 0 bridgehead atoms. The number of aryl methyl sites for hydroxylation is 2. The van der Waals surface area contributed by atoms with Crippen molar-refractivity contribution >= 4 is 10.9 Å². The van der Waals surface area contributed by atoms with Crippen LogP contribution in [0.4, 0.5) is 0 Å². The number of benzene rings is 1. The molecule has 1 fully saturated rings. The SMILES string of the molecule is Cc1ccc(-c2c(C#N)c3ccc(C)cc3n2C2CCC2)nc1. The standard InChI is InChI=1S/C20H19N3/c1-13-6-8-16-17(11-21)20(18-9-7-14(2)12-22-18)23(19(16)10-13)15-4-3-5-15/h6-10,12,15H,3-5H2,1-2H3. The maximum absolute atomic E-state index is 9.80. The van der Waals surface area contributed by atoms with Gasteiger partial charge in [0.1, 0.15) is 6.07 Å². The van der Waals surface area contributed by atoms with Gasteiger partial charge in [-0.15, -0.1) is 0 Å². The van der Waals surface area contributed by atoms with Gasteiger partial charge in [-0.25, -0.2) is 0 Å². The molecule has 1 saturated carbocycles. The first kappa shape index (κ1) is 14.0. The molecule has 0 radical (unpaired) electrons. The Balaban J connectivity index is 2.08. The van der Waals surface area contributed by atoms with E-state index in [4.69, 9.17) is 0 Å². The summed E-state index contributed by atoms with van der Waals surface area (Å²) in [4.78, 5) is 4.60. The normalized spacial score (nSPS) is 14.7. The van der Waals surface area contributed by atoms with Crippen LogP contribution in [0.3, 0.4) is 0 Å². The van der Waals surface area contributed by atoms with Gasteiger partial charge in [0.25, 0.3) is 0 Å². The molecule has 114 valence electrons. The number of pyridine rings is 1. The topological polar surface area (TPSA) is 41.6 Å². The van der Waals surface area contributed by atoms with E-state index in [2.05, 4.69) is 46.8 Å². The van der Waals surface area contributed by atoms with Crippen molar-refractivity contribution in [3.8, 4) is 17.5 Å². The Morgan fingerprint density at radius 3 is 2.52 bits per heavy atom. The maximum atomic E-state index is 9.80. The lowest BCUT2D eigenvalue weighted by Crippen LogP contribution is -2.18. The molecule has 0 N–H and O–H groups in total. The van der Waals surface area contributed by atoms with Crippen LogP contribution in [0.1, 0.15) is 42.0 Å². The van der Waals surface area contributed by atoms with Crippen LogP contribution in [0.2, 0.25) is 0 Å². The lowest BCUT2D eigenvalue weighted by atomic mass is 9.92. The number of hydrogen-bond donors (Lipinski definition) is 0. The first-order valence-electron chi connectivity index (χ1n) is 8.16. The van der Waals surface area contributed by atoms with Crippen molar-refractivity contribution in [2.24, 2.45) is 0 Å². The second-order valence-electron chi connectivity index (χ2n) is 6.53. The minimum Gasteiger partial charge on any atom is -0.335 e. The molecule has 23 heavy (non-hydrogen) atoms. The van der Waals surface area contributed by atoms with Crippen LogP contribution in [-0.2, 0) is 0 Å². The summed E-state index contributed by atoms with van der Waals surface area (Å²) in [6, 6.07) is 13.4. The zero-order chi connectivity index (χ0) is 16.0. The van der Waals surface area contributed by atoms with E-state index in [1.165, 1.54) is 30.3 Å². The smallest absolute Gasteiger partial charge is 0.102 e. The lowest BCUT2D eigenvalue weighted by Gasteiger charge is -2.30. The molecule has 3 aromatic rings. The van der Waals surface area contributed by atoms with Crippen molar-refractivity contribution in [3.05, 3.63) is 53.2 Å². The molecule has 0 aliphatic heterocycles. The zero-order valence-corrected chi connectivity index (χ0v) is 13.5. The van der Waals surface area contributed by atoms with E-state index in [0.29, 0.717) is 6.04 Å². The van der Waals surface area contributed by atoms with Crippen molar-refractivity contribution < 1.29 is 0 Å². The Kier molecular flexibility index (Phi) is 3.20. The molecule has 4 rings (SSSR count). The Morgan fingerprint density at radius 1 is 1.13 bits per heavy atom. The van der Waals surface area contributed by atoms with Gasteiger partial charge in [0.05, 0.1) is 22.5 Å². The third-order valence-electron chi connectivity index (χ3n) is 4.87. The van der Waals surface area contributed by atoms with E-state index in [1.54, 1.807) is 0 Å².